The van der Waals surface area contributed by atoms with Crippen LogP contribution in [-0.4, -0.2) is 31.6 Å². The first-order chi connectivity index (χ1) is 7.83. The molecule has 3 heteroatoms. The average molecular weight is 239 g/mol. The predicted octanol–water partition coefficient (Wildman–Crippen LogP) is 2.79. The van der Waals surface area contributed by atoms with E-state index in [0.717, 1.165) is 25.4 Å². The Bertz CT molecular complexity index is 266. The summed E-state index contributed by atoms with van der Waals surface area (Å²) in [5.74, 6) is 1.10. The average Bonchev–Trinajstić information content (AvgIpc) is 2.30. The normalized spacial score (nSPS) is 12.6. The lowest BCUT2D eigenvalue weighted by molar-refractivity contribution is 0.0766. The third kappa shape index (κ3) is 6.16. The highest BCUT2D eigenvalue weighted by Crippen LogP contribution is 2.15. The van der Waals surface area contributed by atoms with E-state index >= 15 is 0 Å². The van der Waals surface area contributed by atoms with Crippen LogP contribution >= 0.6 is 11.8 Å². The van der Waals surface area contributed by atoms with E-state index in [2.05, 4.69) is 36.5 Å². The highest BCUT2D eigenvalue weighted by Gasteiger charge is 1.99. The summed E-state index contributed by atoms with van der Waals surface area (Å²) in [7, 11) is 0. The molecule has 1 aromatic carbocycles. The predicted molar refractivity (Wildman–Crippen MR) is 71.1 cm³/mol. The summed E-state index contributed by atoms with van der Waals surface area (Å²) in [5.41, 5.74) is 0. The Balaban J connectivity index is 2.00. The third-order valence-corrected chi connectivity index (χ3v) is 3.19. The van der Waals surface area contributed by atoms with E-state index in [1.807, 2.05) is 24.8 Å². The van der Waals surface area contributed by atoms with Crippen LogP contribution in [0.2, 0.25) is 0 Å². The van der Waals surface area contributed by atoms with E-state index in [1.54, 1.807) is 0 Å². The van der Waals surface area contributed by atoms with Gasteiger partial charge in [-0.2, -0.15) is 0 Å². The lowest BCUT2D eigenvalue weighted by Crippen LogP contribution is -2.28. The maximum absolute atomic E-state index is 5.44. The minimum atomic E-state index is 0.312. The topological polar surface area (TPSA) is 21.3 Å². The van der Waals surface area contributed by atoms with Crippen molar-refractivity contribution in [2.75, 3.05) is 25.4 Å². The van der Waals surface area contributed by atoms with Gasteiger partial charge in [-0.15, -0.1) is 11.8 Å². The minimum Gasteiger partial charge on any atom is -0.377 e. The molecule has 0 saturated heterocycles. The smallest absolute Gasteiger partial charge is 0.0671 e. The summed E-state index contributed by atoms with van der Waals surface area (Å²) >= 11 is 1.88. The summed E-state index contributed by atoms with van der Waals surface area (Å²) < 4.78 is 5.44. The van der Waals surface area contributed by atoms with Crippen molar-refractivity contribution in [2.45, 2.75) is 24.8 Å². The van der Waals surface area contributed by atoms with E-state index in [0.29, 0.717) is 6.10 Å². The van der Waals surface area contributed by atoms with Gasteiger partial charge >= 0.3 is 0 Å². The molecule has 0 bridgehead atoms. The Kier molecular flexibility index (Phi) is 7.30. The summed E-state index contributed by atoms with van der Waals surface area (Å²) in [6.45, 7) is 6.88. The summed E-state index contributed by atoms with van der Waals surface area (Å²) in [6, 6.07) is 10.5. The number of rotatable bonds is 8. The van der Waals surface area contributed by atoms with E-state index in [9.17, 15) is 0 Å². The summed E-state index contributed by atoms with van der Waals surface area (Å²) in [6.07, 6.45) is 0.312. The molecule has 1 N–H and O–H groups in total. The van der Waals surface area contributed by atoms with Gasteiger partial charge in [0, 0.05) is 30.3 Å². The van der Waals surface area contributed by atoms with Crippen LogP contribution in [0.3, 0.4) is 0 Å². The number of benzene rings is 1. The van der Waals surface area contributed by atoms with Crippen molar-refractivity contribution in [1.82, 2.24) is 5.32 Å². The Morgan fingerprint density at radius 3 is 2.75 bits per heavy atom. The summed E-state index contributed by atoms with van der Waals surface area (Å²) in [4.78, 5) is 1.34. The van der Waals surface area contributed by atoms with Gasteiger partial charge in [0.1, 0.15) is 0 Å². The lowest BCUT2D eigenvalue weighted by atomic mass is 10.4. The summed E-state index contributed by atoms with van der Waals surface area (Å²) in [5, 5.41) is 3.39. The fraction of sp³-hybridized carbons (Fsp3) is 0.538. The molecule has 90 valence electrons. The van der Waals surface area contributed by atoms with Crippen molar-refractivity contribution in [2.24, 2.45) is 0 Å². The highest BCUT2D eigenvalue weighted by molar-refractivity contribution is 7.99. The zero-order chi connectivity index (χ0) is 11.6. The third-order valence-electron chi connectivity index (χ3n) is 2.17. The molecule has 0 aliphatic rings. The SMILES string of the molecule is CCOC(C)CNCCSc1ccccc1. The second kappa shape index (κ2) is 8.62. The van der Waals surface area contributed by atoms with Crippen LogP contribution in [0, 0.1) is 0 Å². The zero-order valence-electron chi connectivity index (χ0n) is 10.1. The van der Waals surface area contributed by atoms with Crippen molar-refractivity contribution in [1.29, 1.82) is 0 Å². The quantitative estimate of drug-likeness (QED) is 0.557. The number of nitrogens with one attached hydrogen (secondary N) is 1. The molecule has 0 radical (unpaired) electrons. The molecule has 0 heterocycles. The van der Waals surface area contributed by atoms with E-state index in [-0.39, 0.29) is 0 Å². The van der Waals surface area contributed by atoms with Crippen LogP contribution in [0.25, 0.3) is 0 Å². The molecule has 0 spiro atoms. The second-order valence-corrected chi connectivity index (χ2v) is 4.80. The van der Waals surface area contributed by atoms with Gasteiger partial charge < -0.3 is 10.1 Å². The van der Waals surface area contributed by atoms with Crippen LogP contribution in [0.5, 0.6) is 0 Å². The van der Waals surface area contributed by atoms with Crippen molar-refractivity contribution >= 4 is 11.8 Å². The molecule has 1 aromatic rings. The van der Waals surface area contributed by atoms with Crippen molar-refractivity contribution in [3.8, 4) is 0 Å². The molecule has 0 aliphatic carbocycles. The first-order valence-corrected chi connectivity index (χ1v) is 6.81. The maximum atomic E-state index is 5.44. The Morgan fingerprint density at radius 1 is 1.31 bits per heavy atom. The van der Waals surface area contributed by atoms with Crippen molar-refractivity contribution in [3.05, 3.63) is 30.3 Å². The molecular weight excluding hydrogens is 218 g/mol. The van der Waals surface area contributed by atoms with Gasteiger partial charge in [0.05, 0.1) is 6.10 Å². The first kappa shape index (κ1) is 13.6. The van der Waals surface area contributed by atoms with Crippen LogP contribution in [0.15, 0.2) is 35.2 Å². The monoisotopic (exact) mass is 239 g/mol. The van der Waals surface area contributed by atoms with Gasteiger partial charge in [-0.05, 0) is 26.0 Å². The fourth-order valence-corrected chi connectivity index (χ4v) is 2.24. The van der Waals surface area contributed by atoms with Crippen molar-refractivity contribution in [3.63, 3.8) is 0 Å². The fourth-order valence-electron chi connectivity index (χ4n) is 1.41. The number of hydrogen-bond acceptors (Lipinski definition) is 3. The second-order valence-electron chi connectivity index (χ2n) is 3.63. The molecule has 1 atom stereocenters. The molecular formula is C13H21NOS. The molecule has 0 fully saturated rings. The first-order valence-electron chi connectivity index (χ1n) is 5.83. The maximum Gasteiger partial charge on any atom is 0.0671 e. The van der Waals surface area contributed by atoms with E-state index in [4.69, 9.17) is 4.74 Å². The molecule has 2 nitrogen and oxygen atoms in total. The zero-order valence-corrected chi connectivity index (χ0v) is 10.9. The molecule has 0 saturated carbocycles. The number of hydrogen-bond donors (Lipinski definition) is 1. The van der Waals surface area contributed by atoms with E-state index < -0.39 is 0 Å². The largest absolute Gasteiger partial charge is 0.377 e. The number of ether oxygens (including phenoxy) is 1. The van der Waals surface area contributed by atoms with Gasteiger partial charge in [-0.3, -0.25) is 0 Å². The minimum absolute atomic E-state index is 0.312. The Hall–Kier alpha value is -0.510. The van der Waals surface area contributed by atoms with Crippen molar-refractivity contribution < 1.29 is 4.74 Å². The van der Waals surface area contributed by atoms with Crippen LogP contribution in [0.4, 0.5) is 0 Å². The van der Waals surface area contributed by atoms with Crippen LogP contribution < -0.4 is 5.32 Å². The molecule has 0 amide bonds. The van der Waals surface area contributed by atoms with Crippen LogP contribution in [-0.2, 0) is 4.74 Å². The van der Waals surface area contributed by atoms with Gasteiger partial charge in [0.2, 0.25) is 0 Å². The Labute approximate surface area is 103 Å². The molecule has 1 rings (SSSR count). The highest BCUT2D eigenvalue weighted by atomic mass is 32.2. The van der Waals surface area contributed by atoms with Gasteiger partial charge in [-0.25, -0.2) is 0 Å². The van der Waals surface area contributed by atoms with Gasteiger partial charge in [0.15, 0.2) is 0 Å². The molecule has 1 unspecified atom stereocenters. The van der Waals surface area contributed by atoms with Crippen LogP contribution in [0.1, 0.15) is 13.8 Å². The number of thioether (sulfide) groups is 1. The Morgan fingerprint density at radius 2 is 2.06 bits per heavy atom. The van der Waals surface area contributed by atoms with Gasteiger partial charge in [0.25, 0.3) is 0 Å². The molecule has 0 aliphatic heterocycles. The van der Waals surface area contributed by atoms with Gasteiger partial charge in [-0.1, -0.05) is 18.2 Å². The molecule has 0 aromatic heterocycles. The lowest BCUT2D eigenvalue weighted by Gasteiger charge is -2.12. The standard InChI is InChI=1S/C13H21NOS/c1-3-15-12(2)11-14-9-10-16-13-7-5-4-6-8-13/h4-8,12,14H,3,9-11H2,1-2H3. The van der Waals surface area contributed by atoms with E-state index in [1.165, 1.54) is 4.90 Å². The molecule has 16 heavy (non-hydrogen) atoms.